The Hall–Kier alpha value is -0.660. The summed E-state index contributed by atoms with van der Waals surface area (Å²) >= 11 is 0. The van der Waals surface area contributed by atoms with Crippen molar-refractivity contribution >= 4 is 11.6 Å². The summed E-state index contributed by atoms with van der Waals surface area (Å²) in [4.78, 5) is 20.7. The minimum atomic E-state index is 0.0598. The Morgan fingerprint density at radius 1 is 1.00 bits per heavy atom. The normalized spacial score (nSPS) is 21.5. The number of hydrogen-bond donors (Lipinski definition) is 0. The van der Waals surface area contributed by atoms with Gasteiger partial charge < -0.3 is 0 Å². The van der Waals surface area contributed by atoms with E-state index in [-0.39, 0.29) is 11.6 Å². The zero-order chi connectivity index (χ0) is 5.98. The molecule has 0 bridgehead atoms. The molecule has 1 aliphatic carbocycles. The Bertz CT molecular complexity index is 98.5. The highest BCUT2D eigenvalue weighted by atomic mass is 16.1. The van der Waals surface area contributed by atoms with Gasteiger partial charge in [0, 0.05) is 25.7 Å². The summed E-state index contributed by atoms with van der Waals surface area (Å²) in [7, 11) is 0. The lowest BCUT2D eigenvalue weighted by Crippen LogP contribution is -2.13. The van der Waals surface area contributed by atoms with Crippen LogP contribution in [-0.4, -0.2) is 11.6 Å². The summed E-state index contributed by atoms with van der Waals surface area (Å²) < 4.78 is 0. The molecular formula is C6H6O2. The molecule has 2 nitrogen and oxygen atoms in total. The molecule has 1 fully saturated rings. The van der Waals surface area contributed by atoms with Crippen molar-refractivity contribution < 1.29 is 9.59 Å². The highest BCUT2D eigenvalue weighted by Gasteiger charge is 2.14. The fraction of sp³-hybridized carbons (Fsp3) is 0.333. The third kappa shape index (κ3) is 1.15. The van der Waals surface area contributed by atoms with Crippen LogP contribution in [0.15, 0.2) is 0 Å². The van der Waals surface area contributed by atoms with Gasteiger partial charge in [0.25, 0.3) is 0 Å². The average molecular weight is 110 g/mol. The Morgan fingerprint density at radius 2 is 1.38 bits per heavy atom. The van der Waals surface area contributed by atoms with E-state index in [1.807, 2.05) is 0 Å². The van der Waals surface area contributed by atoms with Crippen molar-refractivity contribution in [3.8, 4) is 0 Å². The maximum atomic E-state index is 10.4. The van der Waals surface area contributed by atoms with Gasteiger partial charge in [-0.3, -0.25) is 9.59 Å². The van der Waals surface area contributed by atoms with Crippen LogP contribution < -0.4 is 0 Å². The van der Waals surface area contributed by atoms with Crippen molar-refractivity contribution in [3.05, 3.63) is 12.8 Å². The zero-order valence-corrected chi connectivity index (χ0v) is 4.39. The highest BCUT2D eigenvalue weighted by molar-refractivity contribution is 6.03. The first kappa shape index (κ1) is 5.48. The fourth-order valence-electron chi connectivity index (χ4n) is 0.596. The van der Waals surface area contributed by atoms with Gasteiger partial charge in [-0.25, -0.2) is 0 Å². The SMILES string of the molecule is O=C1[CH]CC(=O)[CH]C1. The molecule has 0 N–H and O–H groups in total. The molecule has 0 aromatic rings. The van der Waals surface area contributed by atoms with E-state index in [1.165, 1.54) is 12.8 Å². The number of carbonyl (C=O) groups is 2. The second-order valence-electron chi connectivity index (χ2n) is 1.75. The van der Waals surface area contributed by atoms with Crippen LogP contribution >= 0.6 is 0 Å². The van der Waals surface area contributed by atoms with Crippen LogP contribution in [0, 0.1) is 12.8 Å². The van der Waals surface area contributed by atoms with E-state index in [4.69, 9.17) is 0 Å². The van der Waals surface area contributed by atoms with Gasteiger partial charge in [-0.2, -0.15) is 0 Å². The molecule has 0 heterocycles. The summed E-state index contributed by atoms with van der Waals surface area (Å²) in [5, 5.41) is 0. The van der Waals surface area contributed by atoms with Crippen molar-refractivity contribution in [1.29, 1.82) is 0 Å². The highest BCUT2D eigenvalue weighted by Crippen LogP contribution is 2.06. The van der Waals surface area contributed by atoms with Crippen LogP contribution in [-0.2, 0) is 9.59 Å². The maximum absolute atomic E-state index is 10.4. The smallest absolute Gasteiger partial charge is 0.137 e. The summed E-state index contributed by atoms with van der Waals surface area (Å²) in [5.74, 6) is 0.120. The molecule has 1 saturated carbocycles. The van der Waals surface area contributed by atoms with Crippen LogP contribution in [0.3, 0.4) is 0 Å². The van der Waals surface area contributed by atoms with Gasteiger partial charge in [0.15, 0.2) is 0 Å². The second kappa shape index (κ2) is 2.07. The molecule has 0 spiro atoms. The van der Waals surface area contributed by atoms with Crippen molar-refractivity contribution in [2.75, 3.05) is 0 Å². The molecule has 42 valence electrons. The minimum absolute atomic E-state index is 0.0598. The number of rotatable bonds is 0. The Labute approximate surface area is 47.9 Å². The van der Waals surface area contributed by atoms with E-state index in [9.17, 15) is 9.59 Å². The standard InChI is InChI=1S/C6H6O2/c7-5-1-2-6(8)4-3-5/h1,4H,2-3H2. The Kier molecular flexibility index (Phi) is 1.42. The third-order valence-corrected chi connectivity index (χ3v) is 1.06. The lowest BCUT2D eigenvalue weighted by molar-refractivity contribution is -0.122. The van der Waals surface area contributed by atoms with E-state index >= 15 is 0 Å². The van der Waals surface area contributed by atoms with Gasteiger partial charge in [0.05, 0.1) is 0 Å². The van der Waals surface area contributed by atoms with Crippen molar-refractivity contribution in [2.24, 2.45) is 0 Å². The molecule has 0 amide bonds. The number of hydrogen-bond acceptors (Lipinski definition) is 2. The second-order valence-corrected chi connectivity index (χ2v) is 1.75. The van der Waals surface area contributed by atoms with Gasteiger partial charge >= 0.3 is 0 Å². The van der Waals surface area contributed by atoms with Gasteiger partial charge in [-0.1, -0.05) is 0 Å². The molecule has 2 heteroatoms. The molecule has 0 atom stereocenters. The molecule has 2 radical (unpaired) electrons. The van der Waals surface area contributed by atoms with E-state index in [0.29, 0.717) is 12.8 Å². The summed E-state index contributed by atoms with van der Waals surface area (Å²) in [6, 6.07) is 0. The van der Waals surface area contributed by atoms with Crippen LogP contribution in [0.1, 0.15) is 12.8 Å². The Balaban J connectivity index is 2.40. The van der Waals surface area contributed by atoms with Crippen molar-refractivity contribution in [2.45, 2.75) is 12.8 Å². The van der Waals surface area contributed by atoms with E-state index in [2.05, 4.69) is 0 Å². The fourth-order valence-corrected chi connectivity index (χ4v) is 0.596. The molecular weight excluding hydrogens is 104 g/mol. The quantitative estimate of drug-likeness (QED) is 0.450. The van der Waals surface area contributed by atoms with Crippen molar-refractivity contribution in [1.82, 2.24) is 0 Å². The molecule has 0 aromatic carbocycles. The summed E-state index contributed by atoms with van der Waals surface area (Å²) in [6.45, 7) is 0. The molecule has 1 rings (SSSR count). The maximum Gasteiger partial charge on any atom is 0.137 e. The summed E-state index contributed by atoms with van der Waals surface area (Å²) in [6.07, 6.45) is 3.47. The molecule has 8 heavy (non-hydrogen) atoms. The zero-order valence-electron chi connectivity index (χ0n) is 4.39. The first-order valence-corrected chi connectivity index (χ1v) is 2.51. The first-order valence-electron chi connectivity index (χ1n) is 2.51. The number of carbonyl (C=O) groups excluding carboxylic acids is 2. The Morgan fingerprint density at radius 3 is 1.62 bits per heavy atom. The first-order chi connectivity index (χ1) is 3.79. The average Bonchev–Trinajstić information content (AvgIpc) is 1.77. The van der Waals surface area contributed by atoms with Crippen molar-refractivity contribution in [3.63, 3.8) is 0 Å². The van der Waals surface area contributed by atoms with Gasteiger partial charge in [0.2, 0.25) is 0 Å². The van der Waals surface area contributed by atoms with Gasteiger partial charge in [-0.15, -0.1) is 0 Å². The molecule has 0 aromatic heterocycles. The van der Waals surface area contributed by atoms with E-state index < -0.39 is 0 Å². The molecule has 0 saturated heterocycles. The largest absolute Gasteiger partial charge is 0.299 e. The van der Waals surface area contributed by atoms with Gasteiger partial charge in [0.1, 0.15) is 11.6 Å². The predicted molar refractivity (Wildman–Crippen MR) is 27.8 cm³/mol. The summed E-state index contributed by atoms with van der Waals surface area (Å²) in [5.41, 5.74) is 0. The third-order valence-electron chi connectivity index (χ3n) is 1.06. The van der Waals surface area contributed by atoms with E-state index in [1.54, 1.807) is 0 Å². The van der Waals surface area contributed by atoms with Crippen LogP contribution in [0.25, 0.3) is 0 Å². The van der Waals surface area contributed by atoms with Crippen LogP contribution in [0.2, 0.25) is 0 Å². The number of ketones is 2. The minimum Gasteiger partial charge on any atom is -0.299 e. The lowest BCUT2D eigenvalue weighted by atomic mass is 9.98. The van der Waals surface area contributed by atoms with Crippen LogP contribution in [0.5, 0.6) is 0 Å². The monoisotopic (exact) mass is 110 g/mol. The van der Waals surface area contributed by atoms with E-state index in [0.717, 1.165) is 0 Å². The molecule has 0 aliphatic heterocycles. The molecule has 0 unspecified atom stereocenters. The number of Topliss-reactive ketones (excluding diaryl/α,β-unsaturated/α-hetero) is 2. The van der Waals surface area contributed by atoms with Crippen LogP contribution in [0.4, 0.5) is 0 Å². The molecule has 1 aliphatic rings. The lowest BCUT2D eigenvalue weighted by Gasteiger charge is -2.03. The predicted octanol–water partition coefficient (Wildman–Crippen LogP) is 0.327. The van der Waals surface area contributed by atoms with Gasteiger partial charge in [-0.05, 0) is 0 Å². The topological polar surface area (TPSA) is 34.1 Å².